The number of hydrogen-bond acceptors (Lipinski definition) is 2. The van der Waals surface area contributed by atoms with Crippen LogP contribution >= 0.6 is 0 Å². The van der Waals surface area contributed by atoms with Crippen LogP contribution in [0.15, 0.2) is 30.3 Å². The minimum atomic E-state index is -0.368. The molecule has 3 heteroatoms. The van der Waals surface area contributed by atoms with Crippen molar-refractivity contribution in [3.63, 3.8) is 0 Å². The summed E-state index contributed by atoms with van der Waals surface area (Å²) in [7, 11) is 0. The Hall–Kier alpha value is -1.64. The normalized spacial score (nSPS) is 12.9. The van der Waals surface area contributed by atoms with Crippen LogP contribution in [0.3, 0.4) is 0 Å². The molecule has 0 bridgehead atoms. The molecule has 2 nitrogen and oxygen atoms in total. The summed E-state index contributed by atoms with van der Waals surface area (Å²) in [5, 5.41) is 0. The smallest absolute Gasteiger partial charge is 0.331 e. The van der Waals surface area contributed by atoms with Gasteiger partial charge >= 0.3 is 5.97 Å². The van der Waals surface area contributed by atoms with E-state index < -0.39 is 0 Å². The molecule has 0 fully saturated rings. The third-order valence-electron chi connectivity index (χ3n) is 2.40. The van der Waals surface area contributed by atoms with Gasteiger partial charge in [0.1, 0.15) is 5.82 Å². The van der Waals surface area contributed by atoms with Gasteiger partial charge in [0.2, 0.25) is 0 Å². The van der Waals surface area contributed by atoms with Gasteiger partial charge in [-0.1, -0.05) is 26.0 Å². The monoisotopic (exact) mass is 250 g/mol. The summed E-state index contributed by atoms with van der Waals surface area (Å²) in [4.78, 5) is 11.5. The largest absolute Gasteiger partial charge is 0.460 e. The molecule has 1 aromatic carbocycles. The van der Waals surface area contributed by atoms with Gasteiger partial charge in [-0.2, -0.15) is 0 Å². The highest BCUT2D eigenvalue weighted by atomic mass is 19.1. The first-order chi connectivity index (χ1) is 8.47. The molecule has 0 amide bonds. The van der Waals surface area contributed by atoms with Crippen molar-refractivity contribution in [3.8, 4) is 0 Å². The van der Waals surface area contributed by atoms with E-state index in [1.54, 1.807) is 18.2 Å². The van der Waals surface area contributed by atoms with Gasteiger partial charge in [0, 0.05) is 6.08 Å². The van der Waals surface area contributed by atoms with Crippen LogP contribution in [-0.4, -0.2) is 12.1 Å². The molecule has 0 radical (unpaired) electrons. The maximum Gasteiger partial charge on any atom is 0.331 e. The fourth-order valence-electron chi connectivity index (χ4n) is 1.69. The molecule has 0 aliphatic heterocycles. The lowest BCUT2D eigenvalue weighted by Crippen LogP contribution is -2.15. The lowest BCUT2D eigenvalue weighted by Gasteiger charge is -2.13. The average molecular weight is 250 g/mol. The van der Waals surface area contributed by atoms with E-state index in [2.05, 4.69) is 13.8 Å². The molecule has 1 rings (SSSR count). The van der Waals surface area contributed by atoms with Gasteiger partial charge in [-0.05, 0) is 43.0 Å². The van der Waals surface area contributed by atoms with Gasteiger partial charge < -0.3 is 4.74 Å². The van der Waals surface area contributed by atoms with Crippen molar-refractivity contribution < 1.29 is 13.9 Å². The number of rotatable bonds is 5. The van der Waals surface area contributed by atoms with Crippen molar-refractivity contribution in [3.05, 3.63) is 41.7 Å². The van der Waals surface area contributed by atoms with E-state index >= 15 is 0 Å². The molecule has 0 aromatic heterocycles. The van der Waals surface area contributed by atoms with Crippen LogP contribution < -0.4 is 0 Å². The Morgan fingerprint density at radius 1 is 1.28 bits per heavy atom. The Morgan fingerprint density at radius 3 is 2.44 bits per heavy atom. The second-order valence-electron chi connectivity index (χ2n) is 4.76. The highest BCUT2D eigenvalue weighted by Gasteiger charge is 2.08. The first kappa shape index (κ1) is 14.4. The number of carbonyl (C=O) groups is 1. The highest BCUT2D eigenvalue weighted by Crippen LogP contribution is 2.09. The fourth-order valence-corrected chi connectivity index (χ4v) is 1.69. The van der Waals surface area contributed by atoms with Crippen LogP contribution in [-0.2, 0) is 9.53 Å². The van der Waals surface area contributed by atoms with Crippen LogP contribution in [0.1, 0.15) is 32.8 Å². The summed E-state index contributed by atoms with van der Waals surface area (Å²) in [6.07, 6.45) is 3.74. The van der Waals surface area contributed by atoms with Gasteiger partial charge in [-0.25, -0.2) is 9.18 Å². The molecule has 0 aliphatic rings. The predicted octanol–water partition coefficient (Wildman–Crippen LogP) is 3.82. The van der Waals surface area contributed by atoms with Crippen molar-refractivity contribution in [1.82, 2.24) is 0 Å². The van der Waals surface area contributed by atoms with E-state index in [-0.39, 0.29) is 17.9 Å². The zero-order chi connectivity index (χ0) is 13.5. The molecule has 0 saturated heterocycles. The van der Waals surface area contributed by atoms with Gasteiger partial charge in [0.25, 0.3) is 0 Å². The quantitative estimate of drug-likeness (QED) is 0.586. The first-order valence-corrected chi connectivity index (χ1v) is 6.11. The number of halogens is 1. The molecule has 0 aliphatic carbocycles. The Labute approximate surface area is 107 Å². The van der Waals surface area contributed by atoms with Crippen LogP contribution in [0.4, 0.5) is 4.39 Å². The topological polar surface area (TPSA) is 26.3 Å². The van der Waals surface area contributed by atoms with E-state index in [1.807, 2.05) is 6.92 Å². The molecule has 0 saturated carbocycles. The number of carbonyl (C=O) groups excluding carboxylic acids is 1. The van der Waals surface area contributed by atoms with E-state index in [1.165, 1.54) is 18.2 Å². The summed E-state index contributed by atoms with van der Waals surface area (Å²) in [5.74, 6) is -0.165. The van der Waals surface area contributed by atoms with Crippen LogP contribution in [0.25, 0.3) is 6.08 Å². The minimum absolute atomic E-state index is 0.0876. The predicted molar refractivity (Wildman–Crippen MR) is 70.4 cm³/mol. The standard InChI is InChI=1S/C15H19FO2/c1-11(2)10-12(3)18-15(17)9-6-13-4-7-14(16)8-5-13/h4-9,11-12H,10H2,1-3H3/b9-6+. The lowest BCUT2D eigenvalue weighted by atomic mass is 10.1. The molecule has 1 atom stereocenters. The van der Waals surface area contributed by atoms with E-state index in [0.29, 0.717) is 5.92 Å². The molecule has 98 valence electrons. The Bertz CT molecular complexity index is 407. The molecular weight excluding hydrogens is 231 g/mol. The van der Waals surface area contributed by atoms with Crippen molar-refractivity contribution in [2.75, 3.05) is 0 Å². The van der Waals surface area contributed by atoms with Crippen LogP contribution in [0.2, 0.25) is 0 Å². The van der Waals surface area contributed by atoms with Crippen molar-refractivity contribution in [1.29, 1.82) is 0 Å². The van der Waals surface area contributed by atoms with Crippen molar-refractivity contribution >= 4 is 12.0 Å². The summed E-state index contributed by atoms with van der Waals surface area (Å²) in [6.45, 7) is 6.04. The van der Waals surface area contributed by atoms with Gasteiger partial charge in [0.15, 0.2) is 0 Å². The lowest BCUT2D eigenvalue weighted by molar-refractivity contribution is -0.142. The molecule has 0 N–H and O–H groups in total. The summed E-state index contributed by atoms with van der Waals surface area (Å²) in [6, 6.07) is 5.92. The molecule has 1 aromatic rings. The van der Waals surface area contributed by atoms with E-state index in [9.17, 15) is 9.18 Å². The third-order valence-corrected chi connectivity index (χ3v) is 2.40. The van der Waals surface area contributed by atoms with E-state index in [4.69, 9.17) is 4.74 Å². The summed E-state index contributed by atoms with van der Waals surface area (Å²) in [5.41, 5.74) is 0.768. The Balaban J connectivity index is 2.46. The average Bonchev–Trinajstić information content (AvgIpc) is 2.27. The highest BCUT2D eigenvalue weighted by molar-refractivity contribution is 5.87. The second kappa shape index (κ2) is 6.94. The third kappa shape index (κ3) is 5.62. The second-order valence-corrected chi connectivity index (χ2v) is 4.76. The maximum atomic E-state index is 12.7. The number of ether oxygens (including phenoxy) is 1. The molecule has 18 heavy (non-hydrogen) atoms. The Morgan fingerprint density at radius 2 is 1.89 bits per heavy atom. The zero-order valence-corrected chi connectivity index (χ0v) is 11.0. The SMILES string of the molecule is CC(C)CC(C)OC(=O)/C=C/c1ccc(F)cc1. The number of hydrogen-bond donors (Lipinski definition) is 0. The number of esters is 1. The van der Waals surface area contributed by atoms with Gasteiger partial charge in [0.05, 0.1) is 6.10 Å². The van der Waals surface area contributed by atoms with Crippen LogP contribution in [0.5, 0.6) is 0 Å². The fraction of sp³-hybridized carbons (Fsp3) is 0.400. The minimum Gasteiger partial charge on any atom is -0.460 e. The molecular formula is C15H19FO2. The van der Waals surface area contributed by atoms with Crippen LogP contribution in [0, 0.1) is 11.7 Å². The first-order valence-electron chi connectivity index (χ1n) is 6.11. The summed E-state index contributed by atoms with van der Waals surface area (Å²) >= 11 is 0. The van der Waals surface area contributed by atoms with Gasteiger partial charge in [-0.15, -0.1) is 0 Å². The zero-order valence-electron chi connectivity index (χ0n) is 11.0. The van der Waals surface area contributed by atoms with Crippen molar-refractivity contribution in [2.24, 2.45) is 5.92 Å². The van der Waals surface area contributed by atoms with Crippen molar-refractivity contribution in [2.45, 2.75) is 33.3 Å². The van der Waals surface area contributed by atoms with Gasteiger partial charge in [-0.3, -0.25) is 0 Å². The molecule has 0 spiro atoms. The Kier molecular flexibility index (Phi) is 5.56. The number of benzene rings is 1. The maximum absolute atomic E-state index is 12.7. The van der Waals surface area contributed by atoms with E-state index in [0.717, 1.165) is 12.0 Å². The molecule has 1 unspecified atom stereocenters. The summed E-state index contributed by atoms with van der Waals surface area (Å²) < 4.78 is 17.9. The molecule has 0 heterocycles.